The number of esters is 1. The van der Waals surface area contributed by atoms with Crippen molar-refractivity contribution in [2.45, 2.75) is 65.3 Å². The molecule has 100 valence electrons. The molecule has 4 saturated heterocycles. The highest BCUT2D eigenvalue weighted by molar-refractivity contribution is 5.80. The van der Waals surface area contributed by atoms with E-state index in [2.05, 4.69) is 27.7 Å². The van der Waals surface area contributed by atoms with Crippen LogP contribution in [0, 0.1) is 22.2 Å². The van der Waals surface area contributed by atoms with Gasteiger partial charge in [-0.15, -0.1) is 0 Å². The molecule has 0 aromatic carbocycles. The smallest absolute Gasteiger partial charge is 0.314 e. The molecule has 2 aliphatic carbocycles. The lowest BCUT2D eigenvalue weighted by Gasteiger charge is -2.83. The van der Waals surface area contributed by atoms with E-state index >= 15 is 0 Å². The molecule has 2 saturated carbocycles. The van der Waals surface area contributed by atoms with Crippen LogP contribution < -0.4 is 0 Å². The van der Waals surface area contributed by atoms with Gasteiger partial charge in [0.2, 0.25) is 6.29 Å². The molecule has 5 atom stereocenters. The molecule has 0 aromatic heterocycles. The molecule has 6 fully saturated rings. The average Bonchev–Trinajstić information content (AvgIpc) is 2.24. The minimum Gasteiger partial charge on any atom is -0.435 e. The van der Waals surface area contributed by atoms with Crippen LogP contribution >= 0.6 is 0 Å². The van der Waals surface area contributed by atoms with Crippen LogP contribution in [-0.4, -0.2) is 17.9 Å². The molecule has 18 heavy (non-hydrogen) atoms. The van der Waals surface area contributed by atoms with Gasteiger partial charge in [0.15, 0.2) is 0 Å². The summed E-state index contributed by atoms with van der Waals surface area (Å²) in [5, 5.41) is 0. The van der Waals surface area contributed by atoms with Crippen molar-refractivity contribution in [2.24, 2.45) is 22.2 Å². The molecule has 0 amide bonds. The summed E-state index contributed by atoms with van der Waals surface area (Å²) in [4.78, 5) is 12.3. The number of rotatable bonds is 0. The van der Waals surface area contributed by atoms with Gasteiger partial charge in [-0.3, -0.25) is 4.79 Å². The summed E-state index contributed by atoms with van der Waals surface area (Å²) >= 11 is 0. The van der Waals surface area contributed by atoms with E-state index < -0.39 is 0 Å². The summed E-state index contributed by atoms with van der Waals surface area (Å²) in [5.41, 5.74) is 0.169. The summed E-state index contributed by atoms with van der Waals surface area (Å²) in [7, 11) is 0. The Kier molecular flexibility index (Phi) is 1.66. The van der Waals surface area contributed by atoms with Crippen molar-refractivity contribution in [1.82, 2.24) is 0 Å². The normalized spacial score (nSPS) is 59.7. The van der Waals surface area contributed by atoms with E-state index in [0.717, 1.165) is 6.42 Å². The third-order valence-electron chi connectivity index (χ3n) is 7.16. The molecule has 1 spiro atoms. The van der Waals surface area contributed by atoms with Gasteiger partial charge in [0.1, 0.15) is 0 Å². The monoisotopic (exact) mass is 250 g/mol. The summed E-state index contributed by atoms with van der Waals surface area (Å²) < 4.78 is 11.5. The van der Waals surface area contributed by atoms with Crippen LogP contribution in [0.5, 0.6) is 0 Å². The lowest BCUT2D eigenvalue weighted by atomic mass is 9.25. The molecule has 4 aliphatic heterocycles. The van der Waals surface area contributed by atoms with Crippen molar-refractivity contribution in [3.05, 3.63) is 0 Å². The Morgan fingerprint density at radius 2 is 1.89 bits per heavy atom. The Morgan fingerprint density at radius 1 is 1.17 bits per heavy atom. The highest BCUT2D eigenvalue weighted by Crippen LogP contribution is 2.84. The zero-order valence-corrected chi connectivity index (χ0v) is 11.7. The van der Waals surface area contributed by atoms with E-state index in [4.69, 9.17) is 9.47 Å². The maximum atomic E-state index is 12.3. The Bertz CT molecular complexity index is 457. The first-order valence-corrected chi connectivity index (χ1v) is 7.17. The van der Waals surface area contributed by atoms with Gasteiger partial charge in [-0.1, -0.05) is 27.2 Å². The molecule has 0 radical (unpaired) electrons. The first kappa shape index (κ1) is 11.3. The predicted molar refractivity (Wildman–Crippen MR) is 65.6 cm³/mol. The Balaban J connectivity index is 1.95. The fourth-order valence-electron chi connectivity index (χ4n) is 6.27. The number of carbonyl (C=O) groups is 1. The van der Waals surface area contributed by atoms with Crippen molar-refractivity contribution in [3.63, 3.8) is 0 Å². The zero-order chi connectivity index (χ0) is 13.0. The van der Waals surface area contributed by atoms with E-state index in [9.17, 15) is 4.79 Å². The highest BCUT2D eigenvalue weighted by atomic mass is 16.7. The average molecular weight is 250 g/mol. The third kappa shape index (κ3) is 0.774. The standard InChI is InChI=1S/C15H22O3/c1-12(2)6-5-7-13(3)14(4)10-11(16)17-9(18-14)8-15(10,12)13/h9-10H,5-8H2,1-4H3/t9-,10+,13-,14+,15-/m0/s1. The summed E-state index contributed by atoms with van der Waals surface area (Å²) in [6.45, 7) is 9.18. The lowest BCUT2D eigenvalue weighted by Crippen LogP contribution is -2.88. The second kappa shape index (κ2) is 2.65. The van der Waals surface area contributed by atoms with E-state index in [1.54, 1.807) is 0 Å². The van der Waals surface area contributed by atoms with Gasteiger partial charge in [0.25, 0.3) is 0 Å². The Morgan fingerprint density at radius 3 is 2.56 bits per heavy atom. The Labute approximate surface area is 108 Å². The fourth-order valence-corrected chi connectivity index (χ4v) is 6.27. The van der Waals surface area contributed by atoms with Gasteiger partial charge in [-0.25, -0.2) is 0 Å². The summed E-state index contributed by atoms with van der Waals surface area (Å²) in [5.74, 6) is -0.0530. The number of carbonyl (C=O) groups excluding carboxylic acids is 1. The predicted octanol–water partition coefficient (Wildman–Crippen LogP) is 2.88. The lowest BCUT2D eigenvalue weighted by molar-refractivity contribution is -0.468. The second-order valence-electron chi connectivity index (χ2n) is 7.77. The third-order valence-corrected chi connectivity index (χ3v) is 7.16. The summed E-state index contributed by atoms with van der Waals surface area (Å²) in [6.07, 6.45) is 4.26. The van der Waals surface area contributed by atoms with Gasteiger partial charge in [-0.05, 0) is 25.2 Å². The van der Waals surface area contributed by atoms with Crippen molar-refractivity contribution < 1.29 is 14.3 Å². The van der Waals surface area contributed by atoms with Crippen LogP contribution in [0.2, 0.25) is 0 Å². The number of ether oxygens (including phenoxy) is 2. The van der Waals surface area contributed by atoms with E-state index in [1.165, 1.54) is 19.3 Å². The number of hydrogen-bond donors (Lipinski definition) is 0. The topological polar surface area (TPSA) is 35.5 Å². The highest BCUT2D eigenvalue weighted by Gasteiger charge is 2.88. The van der Waals surface area contributed by atoms with Crippen molar-refractivity contribution in [1.29, 1.82) is 0 Å². The van der Waals surface area contributed by atoms with Crippen molar-refractivity contribution >= 4 is 5.97 Å². The van der Waals surface area contributed by atoms with Crippen LogP contribution in [0.1, 0.15) is 53.4 Å². The van der Waals surface area contributed by atoms with Gasteiger partial charge in [0.05, 0.1) is 11.5 Å². The van der Waals surface area contributed by atoms with Crippen molar-refractivity contribution in [3.8, 4) is 0 Å². The molecule has 6 rings (SSSR count). The quantitative estimate of drug-likeness (QED) is 0.620. The molecule has 0 unspecified atom stereocenters. The Hall–Kier alpha value is -0.570. The minimum atomic E-state index is -0.294. The first-order chi connectivity index (χ1) is 8.29. The molecule has 0 N–H and O–H groups in total. The molecule has 4 heterocycles. The fraction of sp³-hybridized carbons (Fsp3) is 0.933. The van der Waals surface area contributed by atoms with Crippen LogP contribution in [0.15, 0.2) is 0 Å². The van der Waals surface area contributed by atoms with Gasteiger partial charge < -0.3 is 9.47 Å². The second-order valence-corrected chi connectivity index (χ2v) is 7.77. The largest absolute Gasteiger partial charge is 0.435 e. The van der Waals surface area contributed by atoms with Crippen LogP contribution in [0.3, 0.4) is 0 Å². The van der Waals surface area contributed by atoms with E-state index in [1.807, 2.05) is 0 Å². The summed E-state index contributed by atoms with van der Waals surface area (Å²) in [6, 6.07) is 0. The molecular weight excluding hydrogens is 228 g/mol. The zero-order valence-electron chi connectivity index (χ0n) is 11.7. The minimum absolute atomic E-state index is 0.00699. The van der Waals surface area contributed by atoms with Crippen LogP contribution in [0.4, 0.5) is 0 Å². The van der Waals surface area contributed by atoms with E-state index in [0.29, 0.717) is 0 Å². The molecule has 3 heteroatoms. The molecular formula is C15H22O3. The molecule has 0 aromatic rings. The van der Waals surface area contributed by atoms with Gasteiger partial charge >= 0.3 is 5.97 Å². The first-order valence-electron chi connectivity index (χ1n) is 7.17. The van der Waals surface area contributed by atoms with Gasteiger partial charge in [0, 0.05) is 17.3 Å². The van der Waals surface area contributed by atoms with Crippen LogP contribution in [-0.2, 0) is 14.3 Å². The SMILES string of the molecule is CC1(C)CCC[C@]2(C)[C@]13C[C@H]1OC(=O)[C@@H]3[C@@]2(C)O1. The van der Waals surface area contributed by atoms with Crippen molar-refractivity contribution in [2.75, 3.05) is 0 Å². The maximum absolute atomic E-state index is 12.3. The maximum Gasteiger partial charge on any atom is 0.314 e. The molecule has 4 bridgehead atoms. The number of hydrogen-bond acceptors (Lipinski definition) is 3. The number of fused-ring (bicyclic) bond motifs is 1. The molecule has 3 nitrogen and oxygen atoms in total. The molecule has 6 aliphatic rings. The van der Waals surface area contributed by atoms with Crippen LogP contribution in [0.25, 0.3) is 0 Å². The van der Waals surface area contributed by atoms with E-state index in [-0.39, 0.29) is 40.0 Å². The van der Waals surface area contributed by atoms with Gasteiger partial charge in [-0.2, -0.15) is 0 Å².